The number of para-hydroxylation sites is 2. The van der Waals surface area contributed by atoms with Gasteiger partial charge < -0.3 is 5.32 Å². The van der Waals surface area contributed by atoms with E-state index in [0.29, 0.717) is 31.5 Å². The van der Waals surface area contributed by atoms with Gasteiger partial charge in [-0.15, -0.1) is 0 Å². The summed E-state index contributed by atoms with van der Waals surface area (Å²) in [5.74, 6) is -0.370. The van der Waals surface area contributed by atoms with E-state index in [4.69, 9.17) is 0 Å². The van der Waals surface area contributed by atoms with E-state index >= 15 is 0 Å². The second-order valence-electron chi connectivity index (χ2n) is 6.47. The van der Waals surface area contributed by atoms with Gasteiger partial charge in [0, 0.05) is 25.5 Å². The third-order valence-electron chi connectivity index (χ3n) is 4.52. The van der Waals surface area contributed by atoms with E-state index in [1.807, 2.05) is 43.5 Å². The fourth-order valence-electron chi connectivity index (χ4n) is 3.22. The van der Waals surface area contributed by atoms with Gasteiger partial charge >= 0.3 is 0 Å². The first-order valence-electron chi connectivity index (χ1n) is 8.89. The Kier molecular flexibility index (Phi) is 5.73. The molecule has 8 heteroatoms. The summed E-state index contributed by atoms with van der Waals surface area (Å²) in [6.45, 7) is 2.59. The summed E-state index contributed by atoms with van der Waals surface area (Å²) in [7, 11) is -3.28. The average Bonchev–Trinajstić information content (AvgIpc) is 3.17. The molecule has 1 atom stereocenters. The second kappa shape index (κ2) is 8.01. The average molecular weight is 376 g/mol. The van der Waals surface area contributed by atoms with Gasteiger partial charge in [-0.05, 0) is 37.5 Å². The molecule has 2 heterocycles. The Balaban J connectivity index is 1.73. The highest BCUT2D eigenvalue weighted by Crippen LogP contribution is 2.24. The molecule has 1 amide bonds. The molecule has 26 heavy (non-hydrogen) atoms. The van der Waals surface area contributed by atoms with Crippen molar-refractivity contribution in [3.63, 3.8) is 0 Å². The molecular formula is C18H24N4O3S. The second-order valence-corrected chi connectivity index (χ2v) is 8.56. The van der Waals surface area contributed by atoms with Crippen molar-refractivity contribution < 1.29 is 13.2 Å². The molecule has 1 aliphatic heterocycles. The lowest BCUT2D eigenvalue weighted by Gasteiger charge is -2.31. The van der Waals surface area contributed by atoms with Gasteiger partial charge in [0.05, 0.1) is 23.0 Å². The maximum atomic E-state index is 12.8. The zero-order chi connectivity index (χ0) is 18.6. The number of anilines is 1. The number of carbonyl (C=O) groups excluding carboxylic acids is 1. The number of rotatable bonds is 6. The lowest BCUT2D eigenvalue weighted by molar-refractivity contribution is -0.120. The summed E-state index contributed by atoms with van der Waals surface area (Å²) in [6, 6.07) is 9.24. The van der Waals surface area contributed by atoms with Crippen molar-refractivity contribution >= 4 is 21.6 Å². The first-order chi connectivity index (χ1) is 12.5. The van der Waals surface area contributed by atoms with Crippen molar-refractivity contribution in [1.82, 2.24) is 14.1 Å². The highest BCUT2D eigenvalue weighted by molar-refractivity contribution is 7.89. The minimum atomic E-state index is -3.28. The number of benzene rings is 1. The van der Waals surface area contributed by atoms with E-state index in [1.54, 1.807) is 10.9 Å². The van der Waals surface area contributed by atoms with Gasteiger partial charge in [-0.3, -0.25) is 4.79 Å². The number of hydrogen-bond acceptors (Lipinski definition) is 4. The molecule has 1 aromatic carbocycles. The van der Waals surface area contributed by atoms with Crippen LogP contribution in [0.25, 0.3) is 5.69 Å². The van der Waals surface area contributed by atoms with E-state index < -0.39 is 10.0 Å². The Hall–Kier alpha value is -2.19. The molecule has 7 nitrogen and oxygen atoms in total. The Morgan fingerprint density at radius 2 is 2.12 bits per heavy atom. The summed E-state index contributed by atoms with van der Waals surface area (Å²) in [4.78, 5) is 12.8. The van der Waals surface area contributed by atoms with Crippen molar-refractivity contribution in [2.24, 2.45) is 5.92 Å². The highest BCUT2D eigenvalue weighted by Gasteiger charge is 2.32. The molecule has 0 spiro atoms. The monoisotopic (exact) mass is 376 g/mol. The Labute approximate surface area is 154 Å². The molecule has 1 saturated heterocycles. The third kappa shape index (κ3) is 4.13. The summed E-state index contributed by atoms with van der Waals surface area (Å²) in [6.07, 6.45) is 5.45. The van der Waals surface area contributed by atoms with E-state index in [9.17, 15) is 13.2 Å². The lowest BCUT2D eigenvalue weighted by Crippen LogP contribution is -2.44. The molecule has 3 rings (SSSR count). The third-order valence-corrected chi connectivity index (χ3v) is 6.57. The number of hydrogen-bond donors (Lipinski definition) is 1. The number of piperidine rings is 1. The van der Waals surface area contributed by atoms with Crippen molar-refractivity contribution in [2.45, 2.75) is 26.2 Å². The molecule has 1 aliphatic rings. The van der Waals surface area contributed by atoms with E-state index in [0.717, 1.165) is 5.69 Å². The van der Waals surface area contributed by atoms with Crippen LogP contribution in [-0.4, -0.2) is 47.3 Å². The molecule has 2 aromatic rings. The summed E-state index contributed by atoms with van der Waals surface area (Å²) in [5.41, 5.74) is 1.44. The van der Waals surface area contributed by atoms with E-state index in [1.165, 1.54) is 4.31 Å². The molecular weight excluding hydrogens is 352 g/mol. The number of aromatic nitrogens is 2. The fraction of sp³-hybridized carbons (Fsp3) is 0.444. The smallest absolute Gasteiger partial charge is 0.228 e. The van der Waals surface area contributed by atoms with Crippen molar-refractivity contribution in [1.29, 1.82) is 0 Å². The molecule has 0 saturated carbocycles. The van der Waals surface area contributed by atoms with Crippen LogP contribution >= 0.6 is 0 Å². The predicted molar refractivity (Wildman–Crippen MR) is 101 cm³/mol. The SMILES string of the molecule is CCCS(=O)(=O)N1CCCC(C(=O)Nc2ccccc2-n2cccn2)C1. The maximum absolute atomic E-state index is 12.8. The molecule has 1 fully saturated rings. The van der Waals surface area contributed by atoms with Gasteiger partial charge in [0.2, 0.25) is 15.9 Å². The maximum Gasteiger partial charge on any atom is 0.228 e. The summed E-state index contributed by atoms with van der Waals surface area (Å²) >= 11 is 0. The van der Waals surface area contributed by atoms with Crippen molar-refractivity contribution in [2.75, 3.05) is 24.2 Å². The highest BCUT2D eigenvalue weighted by atomic mass is 32.2. The van der Waals surface area contributed by atoms with Crippen LogP contribution in [0.15, 0.2) is 42.7 Å². The normalized spacial score (nSPS) is 18.6. The van der Waals surface area contributed by atoms with Crippen LogP contribution in [0.4, 0.5) is 5.69 Å². The van der Waals surface area contributed by atoms with Crippen LogP contribution in [0, 0.1) is 5.92 Å². The van der Waals surface area contributed by atoms with Crippen LogP contribution in [0.1, 0.15) is 26.2 Å². The summed E-state index contributed by atoms with van der Waals surface area (Å²) in [5, 5.41) is 7.16. The van der Waals surface area contributed by atoms with Gasteiger partial charge in [0.15, 0.2) is 0 Å². The molecule has 1 aromatic heterocycles. The van der Waals surface area contributed by atoms with Crippen LogP contribution < -0.4 is 5.32 Å². The molecule has 0 bridgehead atoms. The minimum Gasteiger partial charge on any atom is -0.324 e. The van der Waals surface area contributed by atoms with Crippen LogP contribution in [0.5, 0.6) is 0 Å². The topological polar surface area (TPSA) is 84.3 Å². The molecule has 0 radical (unpaired) electrons. The predicted octanol–water partition coefficient (Wildman–Crippen LogP) is 2.26. The number of nitrogens with zero attached hydrogens (tertiary/aromatic N) is 3. The molecule has 0 aliphatic carbocycles. The first-order valence-corrected chi connectivity index (χ1v) is 10.5. The van der Waals surface area contributed by atoms with E-state index in [-0.39, 0.29) is 24.1 Å². The van der Waals surface area contributed by atoms with Crippen LogP contribution in [0.3, 0.4) is 0 Å². The number of nitrogens with one attached hydrogen (secondary N) is 1. The number of sulfonamides is 1. The number of carbonyl (C=O) groups is 1. The largest absolute Gasteiger partial charge is 0.324 e. The van der Waals surface area contributed by atoms with Gasteiger partial charge in [-0.2, -0.15) is 5.10 Å². The van der Waals surface area contributed by atoms with E-state index in [2.05, 4.69) is 10.4 Å². The zero-order valence-corrected chi connectivity index (χ0v) is 15.7. The lowest BCUT2D eigenvalue weighted by atomic mass is 9.98. The van der Waals surface area contributed by atoms with Gasteiger partial charge in [0.1, 0.15) is 0 Å². The van der Waals surface area contributed by atoms with Crippen molar-refractivity contribution in [3.8, 4) is 5.69 Å². The van der Waals surface area contributed by atoms with Gasteiger partial charge in [-0.25, -0.2) is 17.4 Å². The van der Waals surface area contributed by atoms with Gasteiger partial charge in [0.25, 0.3) is 0 Å². The summed E-state index contributed by atoms with van der Waals surface area (Å²) < 4.78 is 27.8. The quantitative estimate of drug-likeness (QED) is 0.838. The Bertz CT molecular complexity index is 849. The minimum absolute atomic E-state index is 0.128. The number of amides is 1. The van der Waals surface area contributed by atoms with Crippen molar-refractivity contribution in [3.05, 3.63) is 42.7 Å². The molecule has 1 N–H and O–H groups in total. The van der Waals surface area contributed by atoms with Crippen LogP contribution in [-0.2, 0) is 14.8 Å². The Morgan fingerprint density at radius 3 is 2.85 bits per heavy atom. The fourth-order valence-corrected chi connectivity index (χ4v) is 4.81. The molecule has 1 unspecified atom stereocenters. The Morgan fingerprint density at radius 1 is 1.31 bits per heavy atom. The zero-order valence-electron chi connectivity index (χ0n) is 14.8. The molecule has 140 valence electrons. The first kappa shape index (κ1) is 18.6. The standard InChI is InChI=1S/C18H24N4O3S/c1-2-13-26(24,25)21-11-5-7-15(14-21)18(23)20-16-8-3-4-9-17(16)22-12-6-10-19-22/h3-4,6,8-10,12,15H,2,5,7,11,13-14H2,1H3,(H,20,23). The van der Waals surface area contributed by atoms with Gasteiger partial charge in [-0.1, -0.05) is 19.1 Å². The van der Waals surface area contributed by atoms with Crippen LogP contribution in [0.2, 0.25) is 0 Å².